The van der Waals surface area contributed by atoms with Gasteiger partial charge in [-0.25, -0.2) is 4.68 Å². The van der Waals surface area contributed by atoms with Crippen molar-refractivity contribution in [2.45, 2.75) is 19.3 Å². The number of benzene rings is 2. The molecule has 1 amide bonds. The van der Waals surface area contributed by atoms with Gasteiger partial charge < -0.3 is 10.1 Å². The first-order chi connectivity index (χ1) is 15.4. The minimum atomic E-state index is -4.50. The number of aromatic nitrogens is 2. The van der Waals surface area contributed by atoms with Gasteiger partial charge in [-0.1, -0.05) is 24.3 Å². The molecule has 0 saturated carbocycles. The molecular formula is C23H23F3N4O2. The summed E-state index contributed by atoms with van der Waals surface area (Å²) in [4.78, 5) is 14.8. The minimum absolute atomic E-state index is 0.258. The Hall–Kier alpha value is -3.17. The van der Waals surface area contributed by atoms with Crippen LogP contribution in [-0.2, 0) is 24.0 Å². The first-order valence-corrected chi connectivity index (χ1v) is 10.3. The third kappa shape index (κ3) is 5.54. The summed E-state index contributed by atoms with van der Waals surface area (Å²) in [6, 6.07) is 15.2. The summed E-state index contributed by atoms with van der Waals surface area (Å²) in [7, 11) is 0. The fraction of sp³-hybridized carbons (Fsp3) is 0.304. The van der Waals surface area contributed by atoms with E-state index in [2.05, 4.69) is 27.4 Å². The maximum atomic E-state index is 12.7. The van der Waals surface area contributed by atoms with Crippen molar-refractivity contribution in [3.05, 3.63) is 83.2 Å². The second kappa shape index (κ2) is 9.54. The molecule has 2 aromatic carbocycles. The lowest BCUT2D eigenvalue weighted by Gasteiger charge is -2.26. The molecule has 4 rings (SSSR count). The SMILES string of the molecule is O=C(NCc1cccc(CN2CCOCC2)c1)c1ccc(-n2ccc(C(F)(F)F)n2)cc1. The van der Waals surface area contributed by atoms with E-state index in [0.29, 0.717) is 17.8 Å². The first kappa shape index (κ1) is 22.0. The van der Waals surface area contributed by atoms with E-state index in [1.807, 2.05) is 12.1 Å². The van der Waals surface area contributed by atoms with E-state index in [-0.39, 0.29) is 5.91 Å². The standard InChI is InChI=1S/C23H23F3N4O2/c24-23(25,26)21-8-9-30(28-21)20-6-4-19(5-7-20)22(31)27-15-17-2-1-3-18(14-17)16-29-10-12-32-13-11-29/h1-9,14H,10-13,15-16H2,(H,27,31). The van der Waals surface area contributed by atoms with Crippen molar-refractivity contribution in [1.29, 1.82) is 0 Å². The Labute approximate surface area is 183 Å². The van der Waals surface area contributed by atoms with Gasteiger partial charge in [0.15, 0.2) is 5.69 Å². The Balaban J connectivity index is 1.34. The van der Waals surface area contributed by atoms with Crippen LogP contribution in [0.1, 0.15) is 27.2 Å². The number of alkyl halides is 3. The fourth-order valence-electron chi connectivity index (χ4n) is 3.52. The molecule has 0 unspecified atom stereocenters. The lowest BCUT2D eigenvalue weighted by Crippen LogP contribution is -2.35. The summed E-state index contributed by atoms with van der Waals surface area (Å²) in [5.74, 6) is -0.258. The molecule has 168 valence electrons. The van der Waals surface area contributed by atoms with E-state index in [9.17, 15) is 18.0 Å². The van der Waals surface area contributed by atoms with Crippen molar-refractivity contribution in [2.75, 3.05) is 26.3 Å². The molecule has 9 heteroatoms. The lowest BCUT2D eigenvalue weighted by molar-refractivity contribution is -0.141. The van der Waals surface area contributed by atoms with Gasteiger partial charge >= 0.3 is 6.18 Å². The Morgan fingerprint density at radius 1 is 1.03 bits per heavy atom. The first-order valence-electron chi connectivity index (χ1n) is 10.3. The van der Waals surface area contributed by atoms with Crippen molar-refractivity contribution < 1.29 is 22.7 Å². The quantitative estimate of drug-likeness (QED) is 0.631. The molecule has 6 nitrogen and oxygen atoms in total. The van der Waals surface area contributed by atoms with Gasteiger partial charge in [-0.05, 0) is 41.5 Å². The lowest BCUT2D eigenvalue weighted by atomic mass is 10.1. The number of nitrogens with one attached hydrogen (secondary N) is 1. The number of nitrogens with zero attached hydrogens (tertiary/aromatic N) is 3. The van der Waals surface area contributed by atoms with Crippen molar-refractivity contribution in [1.82, 2.24) is 20.0 Å². The predicted molar refractivity (Wildman–Crippen MR) is 112 cm³/mol. The average Bonchev–Trinajstić information content (AvgIpc) is 3.30. The van der Waals surface area contributed by atoms with E-state index < -0.39 is 11.9 Å². The number of ether oxygens (including phenoxy) is 1. The Bertz CT molecular complexity index is 1060. The van der Waals surface area contributed by atoms with E-state index >= 15 is 0 Å². The van der Waals surface area contributed by atoms with E-state index in [0.717, 1.165) is 49.2 Å². The van der Waals surface area contributed by atoms with E-state index in [1.165, 1.54) is 11.8 Å². The fourth-order valence-corrected chi connectivity index (χ4v) is 3.52. The number of morpholine rings is 1. The van der Waals surface area contributed by atoms with E-state index in [1.54, 1.807) is 24.3 Å². The third-order valence-electron chi connectivity index (χ3n) is 5.23. The van der Waals surface area contributed by atoms with Crippen LogP contribution in [0.25, 0.3) is 5.69 Å². The zero-order valence-corrected chi connectivity index (χ0v) is 17.3. The second-order valence-electron chi connectivity index (χ2n) is 7.58. The number of halogens is 3. The molecule has 1 aliphatic rings. The van der Waals surface area contributed by atoms with Crippen LogP contribution in [0, 0.1) is 0 Å². The molecule has 1 aromatic heterocycles. The zero-order valence-electron chi connectivity index (χ0n) is 17.3. The van der Waals surface area contributed by atoms with Crippen LogP contribution in [0.2, 0.25) is 0 Å². The minimum Gasteiger partial charge on any atom is -0.379 e. The van der Waals surface area contributed by atoms with Crippen LogP contribution < -0.4 is 5.32 Å². The molecule has 0 radical (unpaired) electrons. The Morgan fingerprint density at radius 3 is 2.44 bits per heavy atom. The van der Waals surface area contributed by atoms with Crippen LogP contribution in [0.15, 0.2) is 60.8 Å². The monoisotopic (exact) mass is 444 g/mol. The van der Waals surface area contributed by atoms with Gasteiger partial charge in [-0.2, -0.15) is 18.3 Å². The molecule has 0 spiro atoms. The number of hydrogen-bond acceptors (Lipinski definition) is 4. The smallest absolute Gasteiger partial charge is 0.379 e. The molecule has 3 aromatic rings. The highest BCUT2D eigenvalue weighted by molar-refractivity contribution is 5.94. The van der Waals surface area contributed by atoms with Crippen LogP contribution in [0.3, 0.4) is 0 Å². The molecule has 2 heterocycles. The van der Waals surface area contributed by atoms with Crippen molar-refractivity contribution >= 4 is 5.91 Å². The van der Waals surface area contributed by atoms with Gasteiger partial charge in [0.25, 0.3) is 5.91 Å². The van der Waals surface area contributed by atoms with Crippen molar-refractivity contribution in [2.24, 2.45) is 0 Å². The van der Waals surface area contributed by atoms with Crippen LogP contribution in [0.4, 0.5) is 13.2 Å². The number of carbonyl (C=O) groups excluding carboxylic acids is 1. The molecular weight excluding hydrogens is 421 g/mol. The predicted octanol–water partition coefficient (Wildman–Crippen LogP) is 3.65. The summed E-state index contributed by atoms with van der Waals surface area (Å²) >= 11 is 0. The summed E-state index contributed by atoms with van der Waals surface area (Å²) in [6.45, 7) is 4.54. The highest BCUT2D eigenvalue weighted by Gasteiger charge is 2.33. The third-order valence-corrected chi connectivity index (χ3v) is 5.23. The molecule has 1 aliphatic heterocycles. The van der Waals surface area contributed by atoms with Gasteiger partial charge in [0.05, 0.1) is 18.9 Å². The van der Waals surface area contributed by atoms with Gasteiger partial charge in [0, 0.05) is 37.9 Å². The van der Waals surface area contributed by atoms with Gasteiger partial charge in [-0.3, -0.25) is 9.69 Å². The summed E-state index contributed by atoms with van der Waals surface area (Å²) in [5.41, 5.74) is 2.07. The highest BCUT2D eigenvalue weighted by Crippen LogP contribution is 2.27. The average molecular weight is 444 g/mol. The van der Waals surface area contributed by atoms with Crippen LogP contribution in [0.5, 0.6) is 0 Å². The highest BCUT2D eigenvalue weighted by atomic mass is 19.4. The summed E-state index contributed by atoms with van der Waals surface area (Å²) in [5, 5.41) is 6.42. The van der Waals surface area contributed by atoms with Crippen LogP contribution >= 0.6 is 0 Å². The summed E-state index contributed by atoms with van der Waals surface area (Å²) < 4.78 is 44.7. The summed E-state index contributed by atoms with van der Waals surface area (Å²) in [6.07, 6.45) is -3.26. The molecule has 1 saturated heterocycles. The Morgan fingerprint density at radius 2 is 1.75 bits per heavy atom. The topological polar surface area (TPSA) is 59.4 Å². The van der Waals surface area contributed by atoms with Crippen molar-refractivity contribution in [3.8, 4) is 5.69 Å². The molecule has 1 N–H and O–H groups in total. The molecule has 0 atom stereocenters. The zero-order chi connectivity index (χ0) is 22.6. The maximum Gasteiger partial charge on any atom is 0.435 e. The van der Waals surface area contributed by atoms with Gasteiger partial charge in [0.2, 0.25) is 0 Å². The van der Waals surface area contributed by atoms with Crippen LogP contribution in [-0.4, -0.2) is 46.9 Å². The van der Waals surface area contributed by atoms with Gasteiger partial charge in [-0.15, -0.1) is 0 Å². The maximum absolute atomic E-state index is 12.7. The van der Waals surface area contributed by atoms with Gasteiger partial charge in [0.1, 0.15) is 0 Å². The normalized spacial score (nSPS) is 15.0. The second-order valence-corrected chi connectivity index (χ2v) is 7.58. The molecule has 0 aliphatic carbocycles. The number of rotatable bonds is 6. The van der Waals surface area contributed by atoms with Crippen molar-refractivity contribution in [3.63, 3.8) is 0 Å². The number of carbonyl (C=O) groups is 1. The number of amides is 1. The molecule has 0 bridgehead atoms. The molecule has 1 fully saturated rings. The largest absolute Gasteiger partial charge is 0.435 e. The van der Waals surface area contributed by atoms with E-state index in [4.69, 9.17) is 4.74 Å². The Kier molecular flexibility index (Phi) is 6.57. The molecule has 32 heavy (non-hydrogen) atoms. The number of hydrogen-bond donors (Lipinski definition) is 1.